The molecule has 0 saturated heterocycles. The highest BCUT2D eigenvalue weighted by Crippen LogP contribution is 2.24. The summed E-state index contributed by atoms with van der Waals surface area (Å²) in [5, 5.41) is 18.7. The van der Waals surface area contributed by atoms with Crippen LogP contribution in [0.1, 0.15) is 27.1 Å². The molecule has 0 aromatic heterocycles. The molecule has 0 heterocycles. The highest BCUT2D eigenvalue weighted by molar-refractivity contribution is 6.32. The molecular weight excluding hydrogens is 371 g/mol. The van der Waals surface area contributed by atoms with Crippen LogP contribution in [0.15, 0.2) is 36.4 Å². The van der Waals surface area contributed by atoms with Gasteiger partial charge in [0.1, 0.15) is 11.5 Å². The van der Waals surface area contributed by atoms with Crippen LogP contribution in [0.25, 0.3) is 0 Å². The average molecular weight is 385 g/mol. The van der Waals surface area contributed by atoms with Crippen molar-refractivity contribution in [3.05, 3.63) is 57.6 Å². The van der Waals surface area contributed by atoms with E-state index in [1.54, 1.807) is 0 Å². The highest BCUT2D eigenvalue weighted by Gasteiger charge is 2.11. The fraction of sp³-hybridized carbons (Fsp3) is 0.176. The van der Waals surface area contributed by atoms with Crippen LogP contribution in [0.3, 0.4) is 0 Å². The van der Waals surface area contributed by atoms with Crippen LogP contribution < -0.4 is 0 Å². The monoisotopic (exact) mass is 384 g/mol. The zero-order chi connectivity index (χ0) is 18.4. The van der Waals surface area contributed by atoms with Gasteiger partial charge in [0, 0.05) is 6.42 Å². The lowest BCUT2D eigenvalue weighted by molar-refractivity contribution is 0.0396. The number of carbonyl (C=O) groups excluding carboxylic acids is 2. The molecule has 0 aliphatic carbocycles. The first kappa shape index (κ1) is 18.9. The number of esters is 2. The molecule has 0 aliphatic rings. The Balaban J connectivity index is 1.73. The Morgan fingerprint density at radius 2 is 1.20 bits per heavy atom. The van der Waals surface area contributed by atoms with Crippen LogP contribution in [0.4, 0.5) is 0 Å². The number of phenols is 2. The second-order valence-corrected chi connectivity index (χ2v) is 5.77. The minimum Gasteiger partial charge on any atom is -0.506 e. The molecule has 2 rings (SSSR count). The topological polar surface area (TPSA) is 93.1 Å². The molecule has 0 amide bonds. The summed E-state index contributed by atoms with van der Waals surface area (Å²) in [6.45, 7) is 0.0852. The Kier molecular flexibility index (Phi) is 6.50. The maximum atomic E-state index is 11.8. The first-order valence-corrected chi connectivity index (χ1v) is 7.95. The first-order valence-electron chi connectivity index (χ1n) is 7.20. The van der Waals surface area contributed by atoms with Crippen molar-refractivity contribution in [2.75, 3.05) is 13.2 Å². The van der Waals surface area contributed by atoms with Crippen LogP contribution in [-0.2, 0) is 9.47 Å². The summed E-state index contributed by atoms with van der Waals surface area (Å²) in [4.78, 5) is 23.6. The molecule has 2 N–H and O–H groups in total. The molecule has 0 atom stereocenters. The van der Waals surface area contributed by atoms with E-state index >= 15 is 0 Å². The Labute approximate surface area is 153 Å². The number of benzene rings is 2. The number of phenolic OH excluding ortho intramolecular Hbond substituents is 2. The van der Waals surface area contributed by atoms with E-state index in [2.05, 4.69) is 0 Å². The second kappa shape index (κ2) is 8.60. The third kappa shape index (κ3) is 5.27. The van der Waals surface area contributed by atoms with Crippen LogP contribution in [-0.4, -0.2) is 35.4 Å². The predicted molar refractivity (Wildman–Crippen MR) is 91.4 cm³/mol. The lowest BCUT2D eigenvalue weighted by atomic mass is 10.2. The Morgan fingerprint density at radius 1 is 0.800 bits per heavy atom. The van der Waals surface area contributed by atoms with Crippen molar-refractivity contribution in [2.45, 2.75) is 6.42 Å². The van der Waals surface area contributed by atoms with Gasteiger partial charge in [0.15, 0.2) is 0 Å². The molecule has 6 nitrogen and oxygen atoms in total. The predicted octanol–water partition coefficient (Wildman–Crippen LogP) is 3.81. The molecule has 0 aliphatic heterocycles. The van der Waals surface area contributed by atoms with Gasteiger partial charge in [-0.05, 0) is 36.4 Å². The molecule has 0 bridgehead atoms. The third-order valence-electron chi connectivity index (χ3n) is 3.12. The molecule has 0 unspecified atom stereocenters. The smallest absolute Gasteiger partial charge is 0.338 e. The van der Waals surface area contributed by atoms with Crippen LogP contribution in [0.5, 0.6) is 11.5 Å². The number of ether oxygens (including phenoxy) is 2. The maximum Gasteiger partial charge on any atom is 0.338 e. The van der Waals surface area contributed by atoms with Gasteiger partial charge >= 0.3 is 11.9 Å². The Hall–Kier alpha value is -2.44. The van der Waals surface area contributed by atoms with Gasteiger partial charge in [-0.2, -0.15) is 0 Å². The average Bonchev–Trinajstić information content (AvgIpc) is 2.59. The molecule has 25 heavy (non-hydrogen) atoms. The standard InChI is InChI=1S/C17H14Cl2O6/c18-12-8-10(2-4-14(12)20)16(22)24-6-1-7-25-17(23)11-3-5-15(21)13(19)9-11/h2-5,8-9,20-21H,1,6-7H2. The van der Waals surface area contributed by atoms with E-state index in [4.69, 9.17) is 32.7 Å². The van der Waals surface area contributed by atoms with Gasteiger partial charge in [0.25, 0.3) is 0 Å². The minimum atomic E-state index is -0.599. The molecular formula is C17H14Cl2O6. The van der Waals surface area contributed by atoms with E-state index in [1.807, 2.05) is 0 Å². The van der Waals surface area contributed by atoms with Crippen molar-refractivity contribution in [3.63, 3.8) is 0 Å². The second-order valence-electron chi connectivity index (χ2n) is 4.96. The van der Waals surface area contributed by atoms with Crippen LogP contribution >= 0.6 is 23.2 Å². The number of halogens is 2. The number of aromatic hydroxyl groups is 2. The molecule has 0 spiro atoms. The summed E-state index contributed by atoms with van der Waals surface area (Å²) >= 11 is 11.4. The van der Waals surface area contributed by atoms with Gasteiger partial charge < -0.3 is 19.7 Å². The van der Waals surface area contributed by atoms with E-state index in [9.17, 15) is 19.8 Å². The van der Waals surface area contributed by atoms with Gasteiger partial charge in [-0.25, -0.2) is 9.59 Å². The molecule has 8 heteroatoms. The van der Waals surface area contributed by atoms with E-state index < -0.39 is 11.9 Å². The molecule has 2 aromatic rings. The number of hydrogen-bond donors (Lipinski definition) is 2. The number of hydrogen-bond acceptors (Lipinski definition) is 6. The van der Waals surface area contributed by atoms with Crippen molar-refractivity contribution >= 4 is 35.1 Å². The Bertz CT molecular complexity index is 725. The van der Waals surface area contributed by atoms with E-state index in [-0.39, 0.29) is 45.9 Å². The van der Waals surface area contributed by atoms with Crippen molar-refractivity contribution < 1.29 is 29.3 Å². The summed E-state index contributed by atoms with van der Waals surface area (Å²) in [5.41, 5.74) is 0.414. The fourth-order valence-corrected chi connectivity index (χ4v) is 2.18. The van der Waals surface area contributed by atoms with Gasteiger partial charge in [-0.1, -0.05) is 23.2 Å². The molecule has 2 aromatic carbocycles. The molecule has 0 radical (unpaired) electrons. The lowest BCUT2D eigenvalue weighted by Gasteiger charge is -2.07. The number of rotatable bonds is 6. The summed E-state index contributed by atoms with van der Waals surface area (Å²) < 4.78 is 10.0. The summed E-state index contributed by atoms with van der Waals surface area (Å²) in [6.07, 6.45) is 0.301. The Morgan fingerprint density at radius 3 is 1.56 bits per heavy atom. The summed E-state index contributed by atoms with van der Waals surface area (Å²) in [7, 11) is 0. The van der Waals surface area contributed by atoms with Crippen molar-refractivity contribution in [2.24, 2.45) is 0 Å². The van der Waals surface area contributed by atoms with E-state index in [1.165, 1.54) is 36.4 Å². The first-order chi connectivity index (χ1) is 11.9. The SMILES string of the molecule is O=C(OCCCOC(=O)c1ccc(O)c(Cl)c1)c1ccc(O)c(Cl)c1. The maximum absolute atomic E-state index is 11.8. The van der Waals surface area contributed by atoms with Crippen molar-refractivity contribution in [1.29, 1.82) is 0 Å². The highest BCUT2D eigenvalue weighted by atomic mass is 35.5. The largest absolute Gasteiger partial charge is 0.506 e. The zero-order valence-electron chi connectivity index (χ0n) is 12.9. The van der Waals surface area contributed by atoms with E-state index in [0.717, 1.165) is 0 Å². The zero-order valence-corrected chi connectivity index (χ0v) is 14.4. The minimum absolute atomic E-state index is 0.0426. The third-order valence-corrected chi connectivity index (χ3v) is 3.73. The number of carbonyl (C=O) groups is 2. The van der Waals surface area contributed by atoms with Gasteiger partial charge in [0.05, 0.1) is 34.4 Å². The normalized spacial score (nSPS) is 10.3. The quantitative estimate of drug-likeness (QED) is 0.580. The molecule has 0 saturated carbocycles. The summed E-state index contributed by atoms with van der Waals surface area (Å²) in [6, 6.07) is 7.96. The van der Waals surface area contributed by atoms with Gasteiger partial charge in [-0.3, -0.25) is 0 Å². The van der Waals surface area contributed by atoms with Gasteiger partial charge in [-0.15, -0.1) is 0 Å². The molecule has 132 valence electrons. The fourth-order valence-electron chi connectivity index (χ4n) is 1.82. The van der Waals surface area contributed by atoms with Crippen LogP contribution in [0.2, 0.25) is 10.0 Å². The van der Waals surface area contributed by atoms with Crippen molar-refractivity contribution in [3.8, 4) is 11.5 Å². The summed E-state index contributed by atoms with van der Waals surface area (Å²) in [5.74, 6) is -1.45. The van der Waals surface area contributed by atoms with Gasteiger partial charge in [0.2, 0.25) is 0 Å². The molecule has 0 fully saturated rings. The lowest BCUT2D eigenvalue weighted by Crippen LogP contribution is -2.11. The van der Waals surface area contributed by atoms with Crippen molar-refractivity contribution in [1.82, 2.24) is 0 Å². The van der Waals surface area contributed by atoms with E-state index in [0.29, 0.717) is 6.42 Å². The van der Waals surface area contributed by atoms with Crippen LogP contribution in [0, 0.1) is 0 Å².